The molecule has 1 atom stereocenters. The van der Waals surface area contributed by atoms with E-state index in [1.165, 1.54) is 0 Å². The summed E-state index contributed by atoms with van der Waals surface area (Å²) in [5, 5.41) is 0. The van der Waals surface area contributed by atoms with E-state index >= 15 is 0 Å². The zero-order chi connectivity index (χ0) is 12.1. The van der Waals surface area contributed by atoms with Crippen LogP contribution in [0.3, 0.4) is 0 Å². The molecule has 0 aliphatic carbocycles. The highest BCUT2D eigenvalue weighted by Gasteiger charge is 2.17. The molecule has 1 aliphatic heterocycles. The standard InChI is InChI=1S/C13H20N2O2/c1-10-2-3-13(12(15-10)4-6-14)17-9-11-5-7-16-8-11/h2-3,11H,4-9,14H2,1H3. The van der Waals surface area contributed by atoms with Crippen LogP contribution in [0, 0.1) is 12.8 Å². The van der Waals surface area contributed by atoms with Crippen LogP contribution in [0.15, 0.2) is 12.1 Å². The van der Waals surface area contributed by atoms with Gasteiger partial charge in [0.1, 0.15) is 5.75 Å². The maximum atomic E-state index is 5.83. The van der Waals surface area contributed by atoms with Gasteiger partial charge in [-0.2, -0.15) is 0 Å². The number of rotatable bonds is 5. The number of nitrogens with zero attached hydrogens (tertiary/aromatic N) is 1. The molecule has 17 heavy (non-hydrogen) atoms. The van der Waals surface area contributed by atoms with Gasteiger partial charge in [-0.25, -0.2) is 0 Å². The van der Waals surface area contributed by atoms with Crippen LogP contribution in [0.5, 0.6) is 5.75 Å². The van der Waals surface area contributed by atoms with Crippen molar-refractivity contribution in [1.82, 2.24) is 4.98 Å². The van der Waals surface area contributed by atoms with E-state index < -0.39 is 0 Å². The summed E-state index contributed by atoms with van der Waals surface area (Å²) >= 11 is 0. The molecule has 1 aromatic heterocycles. The number of ether oxygens (including phenoxy) is 2. The molecule has 4 heteroatoms. The Hall–Kier alpha value is -1.13. The second kappa shape index (κ2) is 5.98. The first-order valence-electron chi connectivity index (χ1n) is 6.16. The zero-order valence-electron chi connectivity index (χ0n) is 10.3. The summed E-state index contributed by atoms with van der Waals surface area (Å²) in [5.41, 5.74) is 7.55. The molecule has 0 amide bonds. The largest absolute Gasteiger partial charge is 0.491 e. The van der Waals surface area contributed by atoms with Crippen molar-refractivity contribution in [2.45, 2.75) is 19.8 Å². The van der Waals surface area contributed by atoms with E-state index in [9.17, 15) is 0 Å². The fraction of sp³-hybridized carbons (Fsp3) is 0.615. The molecule has 2 N–H and O–H groups in total. The highest BCUT2D eigenvalue weighted by atomic mass is 16.5. The molecule has 0 spiro atoms. The number of nitrogens with two attached hydrogens (primary N) is 1. The molecular formula is C13H20N2O2. The van der Waals surface area contributed by atoms with E-state index in [1.54, 1.807) is 0 Å². The van der Waals surface area contributed by atoms with E-state index in [0.717, 1.165) is 43.2 Å². The quantitative estimate of drug-likeness (QED) is 0.837. The molecule has 4 nitrogen and oxygen atoms in total. The molecule has 0 aromatic carbocycles. The van der Waals surface area contributed by atoms with Gasteiger partial charge in [0.2, 0.25) is 0 Å². The fourth-order valence-electron chi connectivity index (χ4n) is 1.97. The third kappa shape index (κ3) is 3.41. The molecule has 1 unspecified atom stereocenters. The van der Waals surface area contributed by atoms with Crippen LogP contribution in [0.4, 0.5) is 0 Å². The lowest BCUT2D eigenvalue weighted by atomic mass is 10.1. The lowest BCUT2D eigenvalue weighted by Gasteiger charge is -2.13. The minimum Gasteiger partial charge on any atom is -0.491 e. The second-order valence-electron chi connectivity index (χ2n) is 4.48. The van der Waals surface area contributed by atoms with Crippen molar-refractivity contribution in [3.8, 4) is 5.75 Å². The Kier molecular flexibility index (Phi) is 4.34. The van der Waals surface area contributed by atoms with Gasteiger partial charge in [0, 0.05) is 24.6 Å². The van der Waals surface area contributed by atoms with Crippen molar-refractivity contribution in [1.29, 1.82) is 0 Å². The van der Waals surface area contributed by atoms with Gasteiger partial charge in [-0.15, -0.1) is 0 Å². The topological polar surface area (TPSA) is 57.4 Å². The smallest absolute Gasteiger partial charge is 0.140 e. The van der Waals surface area contributed by atoms with Crippen LogP contribution in [-0.2, 0) is 11.2 Å². The first kappa shape index (κ1) is 12.3. The van der Waals surface area contributed by atoms with Crippen LogP contribution >= 0.6 is 0 Å². The summed E-state index contributed by atoms with van der Waals surface area (Å²) in [6.45, 7) is 4.96. The molecule has 0 saturated carbocycles. The van der Waals surface area contributed by atoms with Crippen molar-refractivity contribution in [2.24, 2.45) is 11.7 Å². The third-order valence-corrected chi connectivity index (χ3v) is 2.95. The van der Waals surface area contributed by atoms with E-state index in [4.69, 9.17) is 15.2 Å². The number of hydrogen-bond acceptors (Lipinski definition) is 4. The molecule has 1 aromatic rings. The number of aromatic nitrogens is 1. The van der Waals surface area contributed by atoms with Crippen LogP contribution in [0.2, 0.25) is 0 Å². The molecule has 1 saturated heterocycles. The average Bonchev–Trinajstić information content (AvgIpc) is 2.81. The SMILES string of the molecule is Cc1ccc(OCC2CCOC2)c(CCN)n1. The molecule has 2 heterocycles. The van der Waals surface area contributed by atoms with Crippen molar-refractivity contribution in [2.75, 3.05) is 26.4 Å². The molecule has 0 bridgehead atoms. The molecular weight excluding hydrogens is 216 g/mol. The number of hydrogen-bond donors (Lipinski definition) is 1. The van der Waals surface area contributed by atoms with Gasteiger partial charge in [-0.3, -0.25) is 4.98 Å². The number of aryl methyl sites for hydroxylation is 1. The first-order chi connectivity index (χ1) is 8.29. The van der Waals surface area contributed by atoms with Crippen molar-refractivity contribution in [3.63, 3.8) is 0 Å². The van der Waals surface area contributed by atoms with Gasteiger partial charge in [0.05, 0.1) is 18.9 Å². The normalized spacial score (nSPS) is 19.5. The summed E-state index contributed by atoms with van der Waals surface area (Å²) < 4.78 is 11.2. The minimum absolute atomic E-state index is 0.516. The lowest BCUT2D eigenvalue weighted by molar-refractivity contribution is 0.166. The van der Waals surface area contributed by atoms with Gasteiger partial charge in [0.15, 0.2) is 0 Å². The predicted molar refractivity (Wildman–Crippen MR) is 66.2 cm³/mol. The van der Waals surface area contributed by atoms with E-state index in [0.29, 0.717) is 19.1 Å². The first-order valence-corrected chi connectivity index (χ1v) is 6.16. The molecule has 0 radical (unpaired) electrons. The van der Waals surface area contributed by atoms with Gasteiger partial charge >= 0.3 is 0 Å². The van der Waals surface area contributed by atoms with Gasteiger partial charge in [-0.1, -0.05) is 0 Å². The highest BCUT2D eigenvalue weighted by molar-refractivity contribution is 5.29. The molecule has 94 valence electrons. The summed E-state index contributed by atoms with van der Waals surface area (Å²) in [6, 6.07) is 3.96. The van der Waals surface area contributed by atoms with Crippen LogP contribution in [0.25, 0.3) is 0 Å². The highest BCUT2D eigenvalue weighted by Crippen LogP contribution is 2.20. The van der Waals surface area contributed by atoms with E-state index in [-0.39, 0.29) is 0 Å². The Bertz CT molecular complexity index is 362. The van der Waals surface area contributed by atoms with E-state index in [1.807, 2.05) is 19.1 Å². The number of pyridine rings is 1. The van der Waals surface area contributed by atoms with Gasteiger partial charge in [0.25, 0.3) is 0 Å². The summed E-state index contributed by atoms with van der Waals surface area (Å²) in [7, 11) is 0. The third-order valence-electron chi connectivity index (χ3n) is 2.95. The lowest BCUT2D eigenvalue weighted by Crippen LogP contribution is -2.14. The van der Waals surface area contributed by atoms with Crippen molar-refractivity contribution >= 4 is 0 Å². The van der Waals surface area contributed by atoms with Crippen LogP contribution in [-0.4, -0.2) is 31.3 Å². The summed E-state index contributed by atoms with van der Waals surface area (Å²) in [6.07, 6.45) is 1.85. The second-order valence-corrected chi connectivity index (χ2v) is 4.48. The Balaban J connectivity index is 1.98. The Morgan fingerprint density at radius 3 is 3.12 bits per heavy atom. The Morgan fingerprint density at radius 2 is 2.41 bits per heavy atom. The van der Waals surface area contributed by atoms with Gasteiger partial charge < -0.3 is 15.2 Å². The summed E-state index contributed by atoms with van der Waals surface area (Å²) in [4.78, 5) is 4.47. The monoisotopic (exact) mass is 236 g/mol. The average molecular weight is 236 g/mol. The van der Waals surface area contributed by atoms with Crippen LogP contribution < -0.4 is 10.5 Å². The van der Waals surface area contributed by atoms with Crippen LogP contribution in [0.1, 0.15) is 17.8 Å². The van der Waals surface area contributed by atoms with Gasteiger partial charge in [-0.05, 0) is 32.0 Å². The maximum Gasteiger partial charge on any atom is 0.140 e. The predicted octanol–water partition coefficient (Wildman–Crippen LogP) is 1.31. The maximum absolute atomic E-state index is 5.83. The summed E-state index contributed by atoms with van der Waals surface area (Å²) in [5.74, 6) is 1.38. The zero-order valence-corrected chi connectivity index (χ0v) is 10.3. The fourth-order valence-corrected chi connectivity index (χ4v) is 1.97. The minimum atomic E-state index is 0.516. The molecule has 2 rings (SSSR count). The Morgan fingerprint density at radius 1 is 1.53 bits per heavy atom. The molecule has 1 aliphatic rings. The van der Waals surface area contributed by atoms with Crippen molar-refractivity contribution < 1.29 is 9.47 Å². The van der Waals surface area contributed by atoms with Crippen molar-refractivity contribution in [3.05, 3.63) is 23.5 Å². The molecule has 1 fully saturated rings. The Labute approximate surface area is 102 Å². The van der Waals surface area contributed by atoms with E-state index in [2.05, 4.69) is 4.98 Å².